The van der Waals surface area contributed by atoms with Crippen molar-refractivity contribution in [3.63, 3.8) is 0 Å². The summed E-state index contributed by atoms with van der Waals surface area (Å²) in [6.07, 6.45) is 2.69. The van der Waals surface area contributed by atoms with Crippen LogP contribution in [0, 0.1) is 13.8 Å². The van der Waals surface area contributed by atoms with Crippen molar-refractivity contribution in [2.45, 2.75) is 13.8 Å². The first-order chi connectivity index (χ1) is 8.06. The molecule has 92 valence electrons. The Morgan fingerprint density at radius 3 is 2.71 bits per heavy atom. The number of benzene rings is 1. The third kappa shape index (κ3) is 3.52. The number of hydrogen-bond donors (Lipinski definition) is 2. The largest absolute Gasteiger partial charge is 0.496 e. The van der Waals surface area contributed by atoms with Crippen molar-refractivity contribution in [1.82, 2.24) is 0 Å². The number of methoxy groups -OCH3 is 1. The molecular weight excluding hydrogens is 218 g/mol. The Kier molecular flexibility index (Phi) is 4.57. The summed E-state index contributed by atoms with van der Waals surface area (Å²) in [6.45, 7) is 4.48. The van der Waals surface area contributed by atoms with Crippen LogP contribution in [-0.4, -0.2) is 24.7 Å². The van der Waals surface area contributed by atoms with E-state index in [0.717, 1.165) is 28.6 Å². The highest BCUT2D eigenvalue weighted by Gasteiger charge is 2.05. The van der Waals surface area contributed by atoms with E-state index >= 15 is 0 Å². The SMILES string of the molecule is COc1ccc(NC/C=C/C(=O)O)c(C)c1C. The van der Waals surface area contributed by atoms with E-state index in [0.29, 0.717) is 6.54 Å². The van der Waals surface area contributed by atoms with Gasteiger partial charge in [-0.2, -0.15) is 0 Å². The van der Waals surface area contributed by atoms with E-state index in [2.05, 4.69) is 5.32 Å². The molecule has 0 aromatic heterocycles. The maximum Gasteiger partial charge on any atom is 0.328 e. The maximum atomic E-state index is 10.3. The molecule has 0 radical (unpaired) electrons. The fourth-order valence-electron chi connectivity index (χ4n) is 1.54. The topological polar surface area (TPSA) is 58.6 Å². The summed E-state index contributed by atoms with van der Waals surface area (Å²) < 4.78 is 5.22. The fourth-order valence-corrected chi connectivity index (χ4v) is 1.54. The molecule has 0 heterocycles. The minimum Gasteiger partial charge on any atom is -0.496 e. The minimum atomic E-state index is -0.936. The molecule has 2 N–H and O–H groups in total. The summed E-state index contributed by atoms with van der Waals surface area (Å²) in [5.41, 5.74) is 3.17. The van der Waals surface area contributed by atoms with Gasteiger partial charge in [-0.25, -0.2) is 4.79 Å². The normalized spacial score (nSPS) is 10.5. The van der Waals surface area contributed by atoms with E-state index in [1.54, 1.807) is 13.2 Å². The van der Waals surface area contributed by atoms with Gasteiger partial charge in [0, 0.05) is 18.3 Å². The van der Waals surface area contributed by atoms with Gasteiger partial charge in [-0.05, 0) is 37.1 Å². The summed E-state index contributed by atoms with van der Waals surface area (Å²) in [7, 11) is 1.64. The first-order valence-electron chi connectivity index (χ1n) is 5.33. The summed E-state index contributed by atoms with van der Waals surface area (Å²) >= 11 is 0. The number of aliphatic carboxylic acids is 1. The van der Waals surface area contributed by atoms with Gasteiger partial charge in [-0.15, -0.1) is 0 Å². The van der Waals surface area contributed by atoms with E-state index in [4.69, 9.17) is 9.84 Å². The fraction of sp³-hybridized carbons (Fsp3) is 0.308. The van der Waals surface area contributed by atoms with Gasteiger partial charge in [0.05, 0.1) is 7.11 Å². The zero-order chi connectivity index (χ0) is 12.8. The highest BCUT2D eigenvalue weighted by molar-refractivity contribution is 5.79. The van der Waals surface area contributed by atoms with Crippen molar-refractivity contribution in [3.05, 3.63) is 35.4 Å². The second-order valence-corrected chi connectivity index (χ2v) is 3.69. The Bertz CT molecular complexity index is 439. The summed E-state index contributed by atoms with van der Waals surface area (Å²) in [5, 5.41) is 11.6. The lowest BCUT2D eigenvalue weighted by Crippen LogP contribution is -2.03. The maximum absolute atomic E-state index is 10.3. The van der Waals surface area contributed by atoms with Crippen LogP contribution in [0.3, 0.4) is 0 Å². The van der Waals surface area contributed by atoms with Gasteiger partial charge in [-0.3, -0.25) is 0 Å². The number of rotatable bonds is 5. The Hall–Kier alpha value is -1.97. The van der Waals surface area contributed by atoms with Crippen LogP contribution in [0.4, 0.5) is 5.69 Å². The lowest BCUT2D eigenvalue weighted by molar-refractivity contribution is -0.131. The molecule has 1 rings (SSSR count). The molecule has 0 fully saturated rings. The number of carboxylic acids is 1. The van der Waals surface area contributed by atoms with Crippen LogP contribution in [0.2, 0.25) is 0 Å². The molecule has 0 aliphatic carbocycles. The minimum absolute atomic E-state index is 0.485. The van der Waals surface area contributed by atoms with Crippen molar-refractivity contribution in [3.8, 4) is 5.75 Å². The lowest BCUT2D eigenvalue weighted by Gasteiger charge is -2.13. The molecule has 0 amide bonds. The van der Waals surface area contributed by atoms with Crippen molar-refractivity contribution in [2.75, 3.05) is 19.0 Å². The van der Waals surface area contributed by atoms with E-state index in [1.807, 2.05) is 26.0 Å². The van der Waals surface area contributed by atoms with Crippen LogP contribution < -0.4 is 10.1 Å². The van der Waals surface area contributed by atoms with Crippen LogP contribution in [0.1, 0.15) is 11.1 Å². The zero-order valence-corrected chi connectivity index (χ0v) is 10.3. The zero-order valence-electron chi connectivity index (χ0n) is 10.3. The van der Waals surface area contributed by atoms with Crippen molar-refractivity contribution in [1.29, 1.82) is 0 Å². The van der Waals surface area contributed by atoms with E-state index in [1.165, 1.54) is 0 Å². The van der Waals surface area contributed by atoms with Gasteiger partial charge in [0.2, 0.25) is 0 Å². The van der Waals surface area contributed by atoms with E-state index in [-0.39, 0.29) is 0 Å². The Balaban J connectivity index is 2.73. The van der Waals surface area contributed by atoms with Crippen LogP contribution in [0.25, 0.3) is 0 Å². The molecule has 4 nitrogen and oxygen atoms in total. The average molecular weight is 235 g/mol. The molecule has 17 heavy (non-hydrogen) atoms. The Morgan fingerprint density at radius 1 is 1.41 bits per heavy atom. The molecule has 4 heteroatoms. The molecular formula is C13H17NO3. The molecule has 1 aromatic rings. The first kappa shape index (κ1) is 13.1. The average Bonchev–Trinajstić information content (AvgIpc) is 2.29. The van der Waals surface area contributed by atoms with Gasteiger partial charge >= 0.3 is 5.97 Å². The lowest BCUT2D eigenvalue weighted by atomic mass is 10.1. The molecule has 1 aromatic carbocycles. The second-order valence-electron chi connectivity index (χ2n) is 3.69. The molecule has 0 aliphatic rings. The number of ether oxygens (including phenoxy) is 1. The summed E-state index contributed by atoms with van der Waals surface area (Å²) in [4.78, 5) is 10.3. The van der Waals surface area contributed by atoms with Gasteiger partial charge in [0.1, 0.15) is 5.75 Å². The Labute approximate surface area is 101 Å². The molecule has 0 saturated carbocycles. The standard InChI is InChI=1S/C13H17NO3/c1-9-10(2)12(17-3)7-6-11(9)14-8-4-5-13(15)16/h4-7,14H,8H2,1-3H3,(H,15,16)/b5-4+. The highest BCUT2D eigenvalue weighted by atomic mass is 16.5. The highest BCUT2D eigenvalue weighted by Crippen LogP contribution is 2.26. The molecule has 0 atom stereocenters. The number of anilines is 1. The van der Waals surface area contributed by atoms with Crippen LogP contribution in [0.15, 0.2) is 24.3 Å². The van der Waals surface area contributed by atoms with Crippen LogP contribution in [-0.2, 0) is 4.79 Å². The van der Waals surface area contributed by atoms with Gasteiger partial charge < -0.3 is 15.2 Å². The number of carboxylic acid groups (broad SMARTS) is 1. The van der Waals surface area contributed by atoms with Gasteiger partial charge in [-0.1, -0.05) is 6.08 Å². The second kappa shape index (κ2) is 5.94. The van der Waals surface area contributed by atoms with Crippen molar-refractivity contribution < 1.29 is 14.6 Å². The smallest absolute Gasteiger partial charge is 0.328 e. The molecule has 0 spiro atoms. The summed E-state index contributed by atoms with van der Waals surface area (Å²) in [5.74, 6) is -0.0800. The molecule has 0 bridgehead atoms. The van der Waals surface area contributed by atoms with Crippen molar-refractivity contribution >= 4 is 11.7 Å². The molecule has 0 unspecified atom stereocenters. The van der Waals surface area contributed by atoms with Crippen LogP contribution >= 0.6 is 0 Å². The van der Waals surface area contributed by atoms with Gasteiger partial charge in [0.15, 0.2) is 0 Å². The van der Waals surface area contributed by atoms with E-state index in [9.17, 15) is 4.79 Å². The van der Waals surface area contributed by atoms with Gasteiger partial charge in [0.25, 0.3) is 0 Å². The predicted octanol–water partition coefficient (Wildman–Crippen LogP) is 2.36. The molecule has 0 saturated heterocycles. The number of carbonyl (C=O) groups is 1. The Morgan fingerprint density at radius 2 is 2.12 bits per heavy atom. The van der Waals surface area contributed by atoms with E-state index < -0.39 is 5.97 Å². The molecule has 0 aliphatic heterocycles. The monoisotopic (exact) mass is 235 g/mol. The third-order valence-electron chi connectivity index (χ3n) is 2.63. The third-order valence-corrected chi connectivity index (χ3v) is 2.63. The van der Waals surface area contributed by atoms with Crippen molar-refractivity contribution in [2.24, 2.45) is 0 Å². The number of hydrogen-bond acceptors (Lipinski definition) is 3. The predicted molar refractivity (Wildman–Crippen MR) is 67.7 cm³/mol. The van der Waals surface area contributed by atoms with Crippen LogP contribution in [0.5, 0.6) is 5.75 Å². The quantitative estimate of drug-likeness (QED) is 0.769. The summed E-state index contributed by atoms with van der Waals surface area (Å²) in [6, 6.07) is 3.82. The first-order valence-corrected chi connectivity index (χ1v) is 5.33. The number of nitrogens with one attached hydrogen (secondary N) is 1.